The Balaban J connectivity index is 1.26. The van der Waals surface area contributed by atoms with Gasteiger partial charge in [0.05, 0.1) is 12.6 Å². The molecule has 7 heteroatoms. The molecular weight excluding hydrogens is 358 g/mol. The van der Waals surface area contributed by atoms with Crippen molar-refractivity contribution in [2.75, 3.05) is 0 Å². The summed E-state index contributed by atoms with van der Waals surface area (Å²) in [6, 6.07) is 19.1. The van der Waals surface area contributed by atoms with Gasteiger partial charge in [0.1, 0.15) is 0 Å². The number of esters is 1. The van der Waals surface area contributed by atoms with Crippen molar-refractivity contribution in [1.82, 2.24) is 15.1 Å². The molecule has 0 saturated carbocycles. The van der Waals surface area contributed by atoms with Crippen LogP contribution >= 0.6 is 0 Å². The highest BCUT2D eigenvalue weighted by atomic mass is 16.5. The molecule has 0 saturated heterocycles. The Hall–Kier alpha value is -3.74. The number of rotatable bonds is 7. The van der Waals surface area contributed by atoms with Crippen molar-refractivity contribution in [3.63, 3.8) is 0 Å². The van der Waals surface area contributed by atoms with Gasteiger partial charge in [0.15, 0.2) is 12.4 Å². The Morgan fingerprint density at radius 2 is 1.64 bits per heavy atom. The molecule has 28 heavy (non-hydrogen) atoms. The third-order valence-corrected chi connectivity index (χ3v) is 4.01. The quantitative estimate of drug-likeness (QED) is 0.450. The Morgan fingerprint density at radius 1 is 0.929 bits per heavy atom. The first-order valence-electron chi connectivity index (χ1n) is 8.82. The molecule has 140 valence electrons. The lowest BCUT2D eigenvalue weighted by Gasteiger charge is -2.00. The Bertz CT molecular complexity index is 958. The van der Waals surface area contributed by atoms with Gasteiger partial charge >= 0.3 is 5.97 Å². The molecule has 0 radical (unpaired) electrons. The van der Waals surface area contributed by atoms with E-state index in [4.69, 9.17) is 13.7 Å². The van der Waals surface area contributed by atoms with E-state index in [2.05, 4.69) is 15.1 Å². The van der Waals surface area contributed by atoms with Crippen LogP contribution in [0, 0.1) is 0 Å². The van der Waals surface area contributed by atoms with Crippen LogP contribution in [-0.2, 0) is 22.6 Å². The topological polar surface area (TPSA) is 91.2 Å². The van der Waals surface area contributed by atoms with E-state index in [1.54, 1.807) is 6.20 Å². The van der Waals surface area contributed by atoms with Crippen LogP contribution in [0.3, 0.4) is 0 Å². The zero-order chi connectivity index (χ0) is 19.2. The fourth-order valence-electron chi connectivity index (χ4n) is 2.60. The van der Waals surface area contributed by atoms with Gasteiger partial charge in [-0.15, -0.1) is 0 Å². The van der Waals surface area contributed by atoms with Crippen molar-refractivity contribution in [3.8, 4) is 22.7 Å². The highest BCUT2D eigenvalue weighted by molar-refractivity contribution is 5.69. The van der Waals surface area contributed by atoms with Crippen molar-refractivity contribution < 1.29 is 18.5 Å². The number of oxazole rings is 1. The normalized spacial score (nSPS) is 10.7. The number of hydrogen-bond acceptors (Lipinski definition) is 7. The molecule has 2 aromatic carbocycles. The highest BCUT2D eigenvalue weighted by Gasteiger charge is 2.13. The first-order valence-corrected chi connectivity index (χ1v) is 8.82. The van der Waals surface area contributed by atoms with E-state index in [9.17, 15) is 4.79 Å². The summed E-state index contributed by atoms with van der Waals surface area (Å²) in [5, 5.41) is 3.93. The number of carbonyl (C=O) groups is 1. The Morgan fingerprint density at radius 3 is 2.39 bits per heavy atom. The molecular formula is C21H17N3O4. The smallest absolute Gasteiger partial charge is 0.306 e. The molecule has 0 aliphatic heterocycles. The summed E-state index contributed by atoms with van der Waals surface area (Å²) in [7, 11) is 0. The van der Waals surface area contributed by atoms with Crippen molar-refractivity contribution in [3.05, 3.63) is 78.6 Å². The molecule has 4 aromatic rings. The average molecular weight is 375 g/mol. The predicted molar refractivity (Wildman–Crippen MR) is 99.8 cm³/mol. The summed E-state index contributed by atoms with van der Waals surface area (Å²) < 4.78 is 16.0. The molecule has 0 aliphatic carbocycles. The SMILES string of the molecule is O=C(CCc1nc(-c2ccccc2)no1)OCc1ncc(-c2ccccc2)o1. The summed E-state index contributed by atoms with van der Waals surface area (Å²) >= 11 is 0. The van der Waals surface area contributed by atoms with Gasteiger partial charge in [0.25, 0.3) is 0 Å². The van der Waals surface area contributed by atoms with Crippen molar-refractivity contribution in [2.24, 2.45) is 0 Å². The largest absolute Gasteiger partial charge is 0.456 e. The van der Waals surface area contributed by atoms with Gasteiger partial charge < -0.3 is 13.7 Å². The molecule has 0 bridgehead atoms. The van der Waals surface area contributed by atoms with Crippen molar-refractivity contribution in [2.45, 2.75) is 19.4 Å². The zero-order valence-electron chi connectivity index (χ0n) is 14.9. The number of nitrogens with zero attached hydrogens (tertiary/aromatic N) is 3. The number of carbonyl (C=O) groups excluding carboxylic acids is 1. The minimum atomic E-state index is -0.390. The summed E-state index contributed by atoms with van der Waals surface area (Å²) in [5.74, 6) is 1.47. The first kappa shape index (κ1) is 17.7. The Kier molecular flexibility index (Phi) is 5.24. The van der Waals surface area contributed by atoms with Crippen molar-refractivity contribution >= 4 is 5.97 Å². The molecule has 0 aliphatic rings. The van der Waals surface area contributed by atoms with Gasteiger partial charge in [-0.25, -0.2) is 4.98 Å². The Labute approximate surface area is 161 Å². The maximum atomic E-state index is 12.0. The first-order chi connectivity index (χ1) is 13.8. The van der Waals surface area contributed by atoms with Gasteiger partial charge in [-0.2, -0.15) is 4.98 Å². The molecule has 0 N–H and O–H groups in total. The lowest BCUT2D eigenvalue weighted by atomic mass is 10.2. The van der Waals surface area contributed by atoms with E-state index in [0.717, 1.165) is 11.1 Å². The fourth-order valence-corrected chi connectivity index (χ4v) is 2.60. The van der Waals surface area contributed by atoms with Gasteiger partial charge in [-0.05, 0) is 0 Å². The van der Waals surface area contributed by atoms with Crippen molar-refractivity contribution in [1.29, 1.82) is 0 Å². The van der Waals surface area contributed by atoms with E-state index in [1.165, 1.54) is 0 Å². The summed E-state index contributed by atoms with van der Waals surface area (Å²) in [5.41, 5.74) is 1.77. The molecule has 0 spiro atoms. The standard InChI is InChI=1S/C21H17N3O4/c25-20(12-11-18-23-21(24-28-18)16-9-5-2-6-10-16)26-14-19-22-13-17(27-19)15-7-3-1-4-8-15/h1-10,13H,11-12,14H2. The molecule has 0 fully saturated rings. The minimum absolute atomic E-state index is 0.0231. The van der Waals surface area contributed by atoms with Crippen LogP contribution in [0.15, 0.2) is 75.8 Å². The van der Waals surface area contributed by atoms with Crippen LogP contribution in [0.4, 0.5) is 0 Å². The zero-order valence-corrected chi connectivity index (χ0v) is 14.9. The number of ether oxygens (including phenoxy) is 1. The van der Waals surface area contributed by atoms with E-state index in [0.29, 0.717) is 29.8 Å². The molecule has 0 unspecified atom stereocenters. The third kappa shape index (κ3) is 4.32. The number of aryl methyl sites for hydroxylation is 1. The fraction of sp³-hybridized carbons (Fsp3) is 0.143. The van der Waals surface area contributed by atoms with Crippen LogP contribution in [0.2, 0.25) is 0 Å². The molecule has 0 atom stereocenters. The number of benzene rings is 2. The van der Waals surface area contributed by atoms with E-state index in [1.807, 2.05) is 60.7 Å². The summed E-state index contributed by atoms with van der Waals surface area (Å²) in [6.45, 7) is -0.0231. The van der Waals surface area contributed by atoms with Crippen LogP contribution in [0.25, 0.3) is 22.7 Å². The van der Waals surface area contributed by atoms with Crippen LogP contribution < -0.4 is 0 Å². The highest BCUT2D eigenvalue weighted by Crippen LogP contribution is 2.20. The van der Waals surface area contributed by atoms with Gasteiger partial charge in [0.2, 0.25) is 17.6 Å². The van der Waals surface area contributed by atoms with Crippen LogP contribution in [0.5, 0.6) is 0 Å². The van der Waals surface area contributed by atoms with E-state index in [-0.39, 0.29) is 19.0 Å². The molecule has 4 rings (SSSR count). The minimum Gasteiger partial charge on any atom is -0.456 e. The second kappa shape index (κ2) is 8.30. The van der Waals surface area contributed by atoms with E-state index >= 15 is 0 Å². The number of aromatic nitrogens is 3. The molecule has 0 amide bonds. The maximum Gasteiger partial charge on any atom is 0.306 e. The lowest BCUT2D eigenvalue weighted by Crippen LogP contribution is -2.06. The van der Waals surface area contributed by atoms with E-state index < -0.39 is 0 Å². The van der Waals surface area contributed by atoms with Gasteiger partial charge in [0, 0.05) is 17.5 Å². The number of hydrogen-bond donors (Lipinski definition) is 0. The third-order valence-electron chi connectivity index (χ3n) is 4.01. The second-order valence-corrected chi connectivity index (χ2v) is 6.02. The maximum absolute atomic E-state index is 12.0. The second-order valence-electron chi connectivity index (χ2n) is 6.02. The van der Waals surface area contributed by atoms with Gasteiger partial charge in [-0.3, -0.25) is 4.79 Å². The molecule has 2 aromatic heterocycles. The summed E-state index contributed by atoms with van der Waals surface area (Å²) in [6.07, 6.45) is 2.05. The lowest BCUT2D eigenvalue weighted by molar-refractivity contribution is -0.145. The monoisotopic (exact) mass is 375 g/mol. The predicted octanol–water partition coefficient (Wildman–Crippen LogP) is 4.07. The van der Waals surface area contributed by atoms with Crippen LogP contribution in [-0.4, -0.2) is 21.1 Å². The van der Waals surface area contributed by atoms with Crippen LogP contribution in [0.1, 0.15) is 18.2 Å². The average Bonchev–Trinajstić information content (AvgIpc) is 3.42. The summed E-state index contributed by atoms with van der Waals surface area (Å²) in [4.78, 5) is 20.4. The molecule has 7 nitrogen and oxygen atoms in total. The molecule has 2 heterocycles. The van der Waals surface area contributed by atoms with Gasteiger partial charge in [-0.1, -0.05) is 65.8 Å².